The minimum absolute atomic E-state index is 0.755. The van der Waals surface area contributed by atoms with E-state index >= 15 is 0 Å². The van der Waals surface area contributed by atoms with Crippen molar-refractivity contribution < 1.29 is 0 Å². The molecule has 0 saturated heterocycles. The highest BCUT2D eigenvalue weighted by Gasteiger charge is 2.08. The van der Waals surface area contributed by atoms with Crippen LogP contribution in [0, 0.1) is 20.8 Å². The van der Waals surface area contributed by atoms with Crippen LogP contribution in [0.25, 0.3) is 5.69 Å². The minimum Gasteiger partial charge on any atom is -0.397 e. The Labute approximate surface area is 88.8 Å². The zero-order valence-electron chi connectivity index (χ0n) is 9.15. The van der Waals surface area contributed by atoms with Gasteiger partial charge in [-0.15, -0.1) is 0 Å². The van der Waals surface area contributed by atoms with Crippen LogP contribution >= 0.6 is 0 Å². The Morgan fingerprint density at radius 2 is 1.93 bits per heavy atom. The van der Waals surface area contributed by atoms with Gasteiger partial charge in [0.05, 0.1) is 11.4 Å². The van der Waals surface area contributed by atoms with Gasteiger partial charge in [0, 0.05) is 0 Å². The van der Waals surface area contributed by atoms with Crippen LogP contribution in [0.5, 0.6) is 0 Å². The number of rotatable bonds is 1. The van der Waals surface area contributed by atoms with Gasteiger partial charge < -0.3 is 5.73 Å². The van der Waals surface area contributed by atoms with Gasteiger partial charge >= 0.3 is 0 Å². The Hall–Kier alpha value is -1.84. The standard InChI is InChI=1S/C11H14N4/c1-7-5-4-6-10(11(7)12)15-9(3)13-8(2)14-15/h4-6H,12H2,1-3H3. The Balaban J connectivity index is 2.64. The molecule has 1 aromatic heterocycles. The van der Waals surface area contributed by atoms with Crippen LogP contribution in [0.2, 0.25) is 0 Å². The third kappa shape index (κ3) is 1.58. The van der Waals surface area contributed by atoms with Gasteiger partial charge in [0.1, 0.15) is 11.6 Å². The zero-order chi connectivity index (χ0) is 11.0. The van der Waals surface area contributed by atoms with Gasteiger partial charge in [-0.05, 0) is 32.4 Å². The summed E-state index contributed by atoms with van der Waals surface area (Å²) in [5, 5.41) is 4.31. The highest BCUT2D eigenvalue weighted by molar-refractivity contribution is 5.62. The number of nitrogen functional groups attached to an aromatic ring is 1. The monoisotopic (exact) mass is 202 g/mol. The molecule has 1 heterocycles. The number of hydrogen-bond donors (Lipinski definition) is 1. The van der Waals surface area contributed by atoms with E-state index < -0.39 is 0 Å². The van der Waals surface area contributed by atoms with Crippen molar-refractivity contribution >= 4 is 5.69 Å². The smallest absolute Gasteiger partial charge is 0.148 e. The summed E-state index contributed by atoms with van der Waals surface area (Å²) in [6.07, 6.45) is 0. The number of aryl methyl sites for hydroxylation is 3. The van der Waals surface area contributed by atoms with E-state index in [-0.39, 0.29) is 0 Å². The molecule has 4 nitrogen and oxygen atoms in total. The van der Waals surface area contributed by atoms with Gasteiger partial charge in [0.25, 0.3) is 0 Å². The van der Waals surface area contributed by atoms with Crippen LogP contribution in [0.1, 0.15) is 17.2 Å². The van der Waals surface area contributed by atoms with Gasteiger partial charge in [0.15, 0.2) is 0 Å². The van der Waals surface area contributed by atoms with E-state index in [9.17, 15) is 0 Å². The maximum Gasteiger partial charge on any atom is 0.148 e. The fourth-order valence-electron chi connectivity index (χ4n) is 1.60. The minimum atomic E-state index is 0.755. The number of aromatic nitrogens is 3. The van der Waals surface area contributed by atoms with E-state index in [1.807, 2.05) is 39.0 Å². The van der Waals surface area contributed by atoms with Crippen LogP contribution in [-0.4, -0.2) is 14.8 Å². The van der Waals surface area contributed by atoms with Gasteiger partial charge in [-0.25, -0.2) is 9.67 Å². The molecule has 0 aliphatic carbocycles. The molecular weight excluding hydrogens is 188 g/mol. The molecule has 0 aliphatic heterocycles. The number of hydrogen-bond acceptors (Lipinski definition) is 3. The summed E-state index contributed by atoms with van der Waals surface area (Å²) in [4.78, 5) is 4.25. The summed E-state index contributed by atoms with van der Waals surface area (Å²) in [5.41, 5.74) is 8.71. The summed E-state index contributed by atoms with van der Waals surface area (Å²) in [6, 6.07) is 5.90. The first kappa shape index (κ1) is 9.71. The van der Waals surface area contributed by atoms with Crippen LogP contribution in [0.3, 0.4) is 0 Å². The summed E-state index contributed by atoms with van der Waals surface area (Å²) in [6.45, 7) is 5.77. The third-order valence-corrected chi connectivity index (χ3v) is 2.40. The van der Waals surface area contributed by atoms with Crippen molar-refractivity contribution in [2.45, 2.75) is 20.8 Å². The predicted octanol–water partition coefficient (Wildman–Crippen LogP) is 1.77. The quantitative estimate of drug-likeness (QED) is 0.717. The summed E-state index contributed by atoms with van der Waals surface area (Å²) >= 11 is 0. The van der Waals surface area contributed by atoms with Crippen LogP contribution < -0.4 is 5.73 Å². The van der Waals surface area contributed by atoms with E-state index in [0.29, 0.717) is 0 Å². The van der Waals surface area contributed by atoms with Gasteiger partial charge in [-0.3, -0.25) is 0 Å². The lowest BCUT2D eigenvalue weighted by atomic mass is 10.2. The number of nitrogens with zero attached hydrogens (tertiary/aromatic N) is 3. The van der Waals surface area contributed by atoms with E-state index in [2.05, 4.69) is 10.1 Å². The molecule has 0 unspecified atom stereocenters. The molecule has 1 aromatic carbocycles. The lowest BCUT2D eigenvalue weighted by Gasteiger charge is -2.08. The Morgan fingerprint density at radius 1 is 1.20 bits per heavy atom. The molecule has 78 valence electrons. The second-order valence-electron chi connectivity index (χ2n) is 3.63. The third-order valence-electron chi connectivity index (χ3n) is 2.40. The summed E-state index contributed by atoms with van der Waals surface area (Å²) < 4.78 is 1.78. The molecule has 2 aromatic rings. The average molecular weight is 202 g/mol. The molecule has 0 saturated carbocycles. The van der Waals surface area contributed by atoms with Crippen molar-refractivity contribution in [2.75, 3.05) is 5.73 Å². The number of anilines is 1. The van der Waals surface area contributed by atoms with Crippen molar-refractivity contribution in [3.05, 3.63) is 35.4 Å². The summed E-state index contributed by atoms with van der Waals surface area (Å²) in [5.74, 6) is 1.61. The fourth-order valence-corrected chi connectivity index (χ4v) is 1.60. The highest BCUT2D eigenvalue weighted by atomic mass is 15.3. The topological polar surface area (TPSA) is 56.7 Å². The van der Waals surface area contributed by atoms with Crippen LogP contribution in [-0.2, 0) is 0 Å². The Kier molecular flexibility index (Phi) is 2.19. The number of benzene rings is 1. The maximum absolute atomic E-state index is 6.00. The van der Waals surface area contributed by atoms with Crippen molar-refractivity contribution in [3.63, 3.8) is 0 Å². The van der Waals surface area contributed by atoms with E-state index in [0.717, 1.165) is 28.6 Å². The molecule has 0 amide bonds. The largest absolute Gasteiger partial charge is 0.397 e. The SMILES string of the molecule is Cc1nc(C)n(-c2cccc(C)c2N)n1. The van der Waals surface area contributed by atoms with E-state index in [1.54, 1.807) is 4.68 Å². The van der Waals surface area contributed by atoms with Crippen molar-refractivity contribution in [1.29, 1.82) is 0 Å². The second-order valence-corrected chi connectivity index (χ2v) is 3.63. The predicted molar refractivity (Wildman–Crippen MR) is 60.0 cm³/mol. The molecule has 0 radical (unpaired) electrons. The molecule has 4 heteroatoms. The van der Waals surface area contributed by atoms with E-state index in [4.69, 9.17) is 5.73 Å². The first-order chi connectivity index (χ1) is 7.09. The average Bonchev–Trinajstić information content (AvgIpc) is 2.50. The fraction of sp³-hybridized carbons (Fsp3) is 0.273. The van der Waals surface area contributed by atoms with Crippen molar-refractivity contribution in [3.8, 4) is 5.69 Å². The zero-order valence-corrected chi connectivity index (χ0v) is 9.15. The second kappa shape index (κ2) is 3.38. The number of nitrogens with two attached hydrogens (primary N) is 1. The van der Waals surface area contributed by atoms with E-state index in [1.165, 1.54) is 0 Å². The van der Waals surface area contributed by atoms with Gasteiger partial charge in [-0.1, -0.05) is 12.1 Å². The lowest BCUT2D eigenvalue weighted by Crippen LogP contribution is -2.04. The maximum atomic E-state index is 6.00. The molecular formula is C11H14N4. The van der Waals surface area contributed by atoms with Crippen molar-refractivity contribution in [1.82, 2.24) is 14.8 Å². The van der Waals surface area contributed by atoms with Crippen LogP contribution in [0.4, 0.5) is 5.69 Å². The molecule has 2 N–H and O–H groups in total. The first-order valence-electron chi connectivity index (χ1n) is 4.85. The Morgan fingerprint density at radius 3 is 2.53 bits per heavy atom. The molecule has 2 rings (SSSR count). The molecule has 0 spiro atoms. The number of para-hydroxylation sites is 1. The van der Waals surface area contributed by atoms with Gasteiger partial charge in [-0.2, -0.15) is 5.10 Å². The molecule has 0 fully saturated rings. The first-order valence-corrected chi connectivity index (χ1v) is 4.85. The molecule has 0 aliphatic rings. The highest BCUT2D eigenvalue weighted by Crippen LogP contribution is 2.20. The Bertz CT molecular complexity index is 499. The van der Waals surface area contributed by atoms with Crippen molar-refractivity contribution in [2.24, 2.45) is 0 Å². The lowest BCUT2D eigenvalue weighted by molar-refractivity contribution is 0.832. The van der Waals surface area contributed by atoms with Gasteiger partial charge in [0.2, 0.25) is 0 Å². The summed E-state index contributed by atoms with van der Waals surface area (Å²) in [7, 11) is 0. The molecule has 0 bridgehead atoms. The van der Waals surface area contributed by atoms with Crippen LogP contribution in [0.15, 0.2) is 18.2 Å². The normalized spacial score (nSPS) is 10.6. The molecule has 15 heavy (non-hydrogen) atoms. The molecule has 0 atom stereocenters.